The Balaban J connectivity index is 1.09. The number of cyclic esters (lactones) is 1. The topological polar surface area (TPSA) is 398 Å². The number of hydrogen-bond acceptors (Lipinski definition) is 23. The molecule has 0 spiro atoms. The quantitative estimate of drug-likeness (QED) is 0.0712. The van der Waals surface area contributed by atoms with E-state index in [-0.39, 0.29) is 30.6 Å². The van der Waals surface area contributed by atoms with Gasteiger partial charge in [-0.1, -0.05) is 46.3 Å². The Morgan fingerprint density at radius 3 is 1.91 bits per heavy atom. The van der Waals surface area contributed by atoms with Crippen LogP contribution in [0, 0.1) is 56.7 Å². The predicted octanol–water partition coefficient (Wildman–Crippen LogP) is 4.19. The highest BCUT2D eigenvalue weighted by Crippen LogP contribution is 2.76. The van der Waals surface area contributed by atoms with Gasteiger partial charge in [0, 0.05) is 11.1 Å². The molecule has 5 aliphatic carbocycles. The van der Waals surface area contributed by atoms with Gasteiger partial charge in [0.25, 0.3) is 0 Å². The molecule has 2 heterocycles. The standard InChI is InChI=1S/C57H68O23/c1-22-8-11-56(52(75)80-51-46(71)45(70)42(67)33(19-58)78-51)13-12-54(4)27(38(56)23(22)2)6-7-34-53(3)18-32(63)47-57(35(53)9-10-55(34,54)5,20-76-48(72)24-14-28(59)39(64)29(60)15-24)21-77-49(73)25-16-30(61)40(65)43(68)36(25)37-26(50(74)79-47)17-31(62)41(66)44(37)69/h6,14-17,22-23,32-35,38,42,45-47,51,58-71H,7-13,18-21H2,1-5H3/t22-,23+,32-,33-,34+,35-,38+,42-,45+,46-,47?,51+,53-,54-,55-,56+,57+/m1/s1. The van der Waals surface area contributed by atoms with Gasteiger partial charge in [0.1, 0.15) is 43.7 Å². The van der Waals surface area contributed by atoms with Crippen molar-refractivity contribution >= 4 is 23.9 Å². The van der Waals surface area contributed by atoms with E-state index in [1.807, 2.05) is 6.92 Å². The molecule has 1 saturated heterocycles. The molecule has 0 aromatic heterocycles. The van der Waals surface area contributed by atoms with Crippen LogP contribution in [0.15, 0.2) is 35.9 Å². The number of phenols is 9. The fourth-order valence-corrected chi connectivity index (χ4v) is 16.1. The Morgan fingerprint density at radius 2 is 1.30 bits per heavy atom. The van der Waals surface area contributed by atoms with Gasteiger partial charge in [0.2, 0.25) is 17.8 Å². The lowest BCUT2D eigenvalue weighted by Crippen LogP contribution is -2.70. The largest absolute Gasteiger partial charge is 0.504 e. The van der Waals surface area contributed by atoms with Crippen molar-refractivity contribution in [1.82, 2.24) is 0 Å². The van der Waals surface area contributed by atoms with Crippen LogP contribution >= 0.6 is 0 Å². The number of phenolic OH excluding ortho intramolecular Hbond substituents is 9. The number of aliphatic hydroxyl groups is 5. The molecule has 4 saturated carbocycles. The lowest BCUT2D eigenvalue weighted by atomic mass is 9.33. The number of benzene rings is 3. The Hall–Kier alpha value is -6.76. The van der Waals surface area contributed by atoms with E-state index in [4.69, 9.17) is 23.7 Å². The van der Waals surface area contributed by atoms with E-state index in [1.54, 1.807) is 0 Å². The summed E-state index contributed by atoms with van der Waals surface area (Å²) >= 11 is 0. The zero-order chi connectivity index (χ0) is 58.2. The Bertz CT molecular complexity index is 3080. The molecule has 0 bridgehead atoms. The van der Waals surface area contributed by atoms with Crippen molar-refractivity contribution in [3.05, 3.63) is 52.6 Å². The molecule has 7 aliphatic rings. The molecule has 0 radical (unpaired) electrons. The van der Waals surface area contributed by atoms with Crippen molar-refractivity contribution in [2.75, 3.05) is 19.8 Å². The van der Waals surface area contributed by atoms with Gasteiger partial charge in [-0.3, -0.25) is 4.79 Å². The predicted molar refractivity (Wildman–Crippen MR) is 272 cm³/mol. The van der Waals surface area contributed by atoms with E-state index >= 15 is 0 Å². The van der Waals surface area contributed by atoms with Crippen molar-refractivity contribution in [3.63, 3.8) is 0 Å². The minimum atomic E-state index is -1.98. The van der Waals surface area contributed by atoms with Crippen molar-refractivity contribution in [1.29, 1.82) is 0 Å². The summed E-state index contributed by atoms with van der Waals surface area (Å²) in [7, 11) is 0. The minimum Gasteiger partial charge on any atom is -0.504 e. The third-order valence-electron chi connectivity index (χ3n) is 20.7. The fourth-order valence-electron chi connectivity index (χ4n) is 16.1. The normalized spacial score (nSPS) is 38.4. The first-order chi connectivity index (χ1) is 37.5. The Morgan fingerprint density at radius 1 is 0.700 bits per heavy atom. The highest BCUT2D eigenvalue weighted by molar-refractivity contribution is 6.08. The molecule has 10 rings (SSSR count). The van der Waals surface area contributed by atoms with E-state index < -0.39 is 205 Å². The highest BCUT2D eigenvalue weighted by Gasteiger charge is 2.73. The van der Waals surface area contributed by atoms with Gasteiger partial charge >= 0.3 is 23.9 Å². The molecule has 17 atom stereocenters. The molecular weight excluding hydrogens is 1050 g/mol. The first kappa shape index (κ1) is 56.5. The summed E-state index contributed by atoms with van der Waals surface area (Å²) < 4.78 is 30.1. The molecule has 14 N–H and O–H groups in total. The summed E-state index contributed by atoms with van der Waals surface area (Å²) in [4.78, 5) is 58.7. The van der Waals surface area contributed by atoms with Crippen LogP contribution in [0.25, 0.3) is 11.1 Å². The maximum Gasteiger partial charge on any atom is 0.339 e. The second-order valence-electron chi connectivity index (χ2n) is 24.3. The van der Waals surface area contributed by atoms with E-state index in [2.05, 4.69) is 33.8 Å². The number of allylic oxidation sites excluding steroid dienone is 2. The van der Waals surface area contributed by atoms with Gasteiger partial charge in [0.05, 0.1) is 40.2 Å². The first-order valence-electron chi connectivity index (χ1n) is 26.8. The molecule has 434 valence electrons. The second kappa shape index (κ2) is 19.5. The number of carbonyl (C=O) groups excluding carboxylic acids is 4. The monoisotopic (exact) mass is 1120 g/mol. The lowest BCUT2D eigenvalue weighted by Gasteiger charge is -2.72. The zero-order valence-electron chi connectivity index (χ0n) is 44.5. The van der Waals surface area contributed by atoms with Crippen LogP contribution in [0.2, 0.25) is 0 Å². The van der Waals surface area contributed by atoms with Gasteiger partial charge in [-0.2, -0.15) is 0 Å². The fraction of sp³-hybridized carbons (Fsp3) is 0.579. The third kappa shape index (κ3) is 8.03. The zero-order valence-corrected chi connectivity index (χ0v) is 44.5. The van der Waals surface area contributed by atoms with E-state index in [1.165, 1.54) is 0 Å². The summed E-state index contributed by atoms with van der Waals surface area (Å²) in [5, 5.41) is 152. The smallest absolute Gasteiger partial charge is 0.339 e. The number of aromatic hydroxyl groups is 9. The molecule has 5 fully saturated rings. The van der Waals surface area contributed by atoms with Gasteiger partial charge in [0.15, 0.2) is 40.2 Å². The maximum absolute atomic E-state index is 14.9. The second-order valence-corrected chi connectivity index (χ2v) is 24.3. The number of ether oxygens (including phenoxy) is 5. The number of carbonyl (C=O) groups is 4. The molecule has 23 heteroatoms. The van der Waals surface area contributed by atoms with Crippen LogP contribution in [-0.2, 0) is 28.5 Å². The molecule has 80 heavy (non-hydrogen) atoms. The van der Waals surface area contributed by atoms with E-state index in [0.717, 1.165) is 17.7 Å². The molecule has 2 aliphatic heterocycles. The van der Waals surface area contributed by atoms with Gasteiger partial charge in [-0.05, 0) is 121 Å². The van der Waals surface area contributed by atoms with Gasteiger partial charge in [-0.25, -0.2) is 14.4 Å². The SMILES string of the molecule is C[C@H]1[C@H](C)CC[C@]2(C(=O)O[C@@H]3O[C@H](CO)[C@@H](O)[C@H](O)[C@H]3O)CC[C@]3(C)C(=CC[C@H]4[C@@]5(C)C[C@@H](O)C6OC(=O)c7cc(O)c(O)c(O)c7-c7c(cc(O)c(O)c7O)C(=O)OC[C@@]6(COC(=O)c6cc(O)c(O)c(O)c6)[C@@H]5CC[C@]43C)[C@H]12. The van der Waals surface area contributed by atoms with Crippen LogP contribution in [-0.4, -0.2) is 158 Å². The molecule has 0 amide bonds. The number of hydrogen-bond donors (Lipinski definition) is 14. The molecule has 3 aromatic rings. The Kier molecular flexibility index (Phi) is 13.8. The average molecular weight is 1120 g/mol. The molecule has 3 aromatic carbocycles. The summed E-state index contributed by atoms with van der Waals surface area (Å²) in [6.45, 7) is 8.06. The summed E-state index contributed by atoms with van der Waals surface area (Å²) in [5.41, 5.74) is -8.29. The van der Waals surface area contributed by atoms with Gasteiger partial charge in [-0.15, -0.1) is 0 Å². The van der Waals surface area contributed by atoms with Crippen LogP contribution in [0.5, 0.6) is 51.7 Å². The summed E-state index contributed by atoms with van der Waals surface area (Å²) in [5.74, 6) is -16.1. The van der Waals surface area contributed by atoms with Crippen molar-refractivity contribution in [3.8, 4) is 62.9 Å². The van der Waals surface area contributed by atoms with E-state index in [9.17, 15) is 90.7 Å². The van der Waals surface area contributed by atoms with Crippen molar-refractivity contribution in [2.45, 2.75) is 129 Å². The Labute approximate surface area is 457 Å². The maximum atomic E-state index is 14.9. The number of rotatable bonds is 6. The third-order valence-corrected chi connectivity index (χ3v) is 20.7. The number of esters is 4. The molecule has 1 unspecified atom stereocenters. The highest BCUT2D eigenvalue weighted by atomic mass is 16.7. The van der Waals surface area contributed by atoms with E-state index in [0.29, 0.717) is 50.7 Å². The first-order valence-corrected chi connectivity index (χ1v) is 26.8. The number of aliphatic hydroxyl groups excluding tert-OH is 5. The minimum absolute atomic E-state index is 0.0936. The summed E-state index contributed by atoms with van der Waals surface area (Å²) in [6.07, 6.45) is -7.01. The van der Waals surface area contributed by atoms with Crippen LogP contribution in [0.1, 0.15) is 117 Å². The van der Waals surface area contributed by atoms with Crippen LogP contribution in [0.4, 0.5) is 0 Å². The van der Waals surface area contributed by atoms with Crippen LogP contribution < -0.4 is 0 Å². The number of fused-ring (bicyclic) bond motifs is 12. The average Bonchev–Trinajstić information content (AvgIpc) is 2.23. The summed E-state index contributed by atoms with van der Waals surface area (Å²) in [6, 6.07) is 2.95. The van der Waals surface area contributed by atoms with Crippen molar-refractivity contribution in [2.24, 2.45) is 56.7 Å². The van der Waals surface area contributed by atoms with Crippen LogP contribution in [0.3, 0.4) is 0 Å². The molecular formula is C57H68O23. The lowest BCUT2D eigenvalue weighted by molar-refractivity contribution is -0.298. The van der Waals surface area contributed by atoms with Crippen molar-refractivity contribution < 1.29 is 114 Å². The molecule has 23 nitrogen and oxygen atoms in total. The van der Waals surface area contributed by atoms with Gasteiger partial charge < -0.3 is 95.2 Å².